The van der Waals surface area contributed by atoms with Crippen molar-refractivity contribution >= 4 is 11.3 Å². The highest BCUT2D eigenvalue weighted by Gasteiger charge is 1.99. The molecule has 0 bridgehead atoms. The molecule has 0 radical (unpaired) electrons. The third-order valence-electron chi connectivity index (χ3n) is 2.02. The molecule has 0 saturated carbocycles. The topological polar surface area (TPSA) is 25.2 Å². The lowest BCUT2D eigenvalue weighted by atomic mass is 10.3. The zero-order valence-corrected chi connectivity index (χ0v) is 8.00. The molecule has 2 aromatic heterocycles. The Morgan fingerprint density at radius 3 is 3.00 bits per heavy atom. The van der Waals surface area contributed by atoms with Crippen LogP contribution in [-0.4, -0.2) is 9.67 Å². The lowest BCUT2D eigenvalue weighted by Gasteiger charge is -2.04. The molecule has 0 spiro atoms. The molecular weight excluding hydrogens is 182 g/mol. The highest BCUT2D eigenvalue weighted by atomic mass is 32.1. The van der Waals surface area contributed by atoms with Crippen molar-refractivity contribution < 1.29 is 5.11 Å². The first kappa shape index (κ1) is 8.53. The van der Waals surface area contributed by atoms with Crippen LogP contribution < -0.4 is 0 Å². The molecule has 2 aromatic rings. The van der Waals surface area contributed by atoms with E-state index in [1.165, 1.54) is 5.56 Å². The summed E-state index contributed by atoms with van der Waals surface area (Å²) in [5.41, 5.74) is 2.25. The van der Waals surface area contributed by atoms with E-state index in [9.17, 15) is 0 Å². The molecule has 2 rings (SSSR count). The van der Waals surface area contributed by atoms with Crippen molar-refractivity contribution in [2.45, 2.75) is 13.2 Å². The van der Waals surface area contributed by atoms with E-state index in [4.69, 9.17) is 5.11 Å². The van der Waals surface area contributed by atoms with Gasteiger partial charge in [-0.15, -0.1) is 0 Å². The van der Waals surface area contributed by atoms with E-state index < -0.39 is 0 Å². The van der Waals surface area contributed by atoms with Crippen LogP contribution in [0.5, 0.6) is 0 Å². The van der Waals surface area contributed by atoms with Crippen LogP contribution in [0.1, 0.15) is 11.3 Å². The first-order chi connectivity index (χ1) is 6.40. The minimum absolute atomic E-state index is 0.108. The van der Waals surface area contributed by atoms with E-state index in [1.54, 1.807) is 11.3 Å². The maximum Gasteiger partial charge on any atom is 0.0832 e. The average molecular weight is 193 g/mol. The van der Waals surface area contributed by atoms with Crippen LogP contribution in [0, 0.1) is 0 Å². The Hall–Kier alpha value is -1.06. The maximum atomic E-state index is 9.02. The van der Waals surface area contributed by atoms with Crippen molar-refractivity contribution in [1.82, 2.24) is 4.57 Å². The molecule has 0 aliphatic heterocycles. The van der Waals surface area contributed by atoms with Gasteiger partial charge in [0.05, 0.1) is 6.61 Å². The van der Waals surface area contributed by atoms with Gasteiger partial charge in [0.1, 0.15) is 0 Å². The molecule has 1 N–H and O–H groups in total. The highest BCUT2D eigenvalue weighted by molar-refractivity contribution is 7.07. The molecule has 0 aliphatic carbocycles. The Morgan fingerprint density at radius 1 is 1.38 bits per heavy atom. The van der Waals surface area contributed by atoms with Crippen LogP contribution >= 0.6 is 11.3 Å². The normalized spacial score (nSPS) is 10.5. The van der Waals surface area contributed by atoms with Crippen molar-refractivity contribution in [3.63, 3.8) is 0 Å². The van der Waals surface area contributed by atoms with E-state index in [0.717, 1.165) is 12.2 Å². The molecule has 0 aromatic carbocycles. The second-order valence-corrected chi connectivity index (χ2v) is 3.70. The Morgan fingerprint density at radius 2 is 2.31 bits per heavy atom. The van der Waals surface area contributed by atoms with E-state index in [1.807, 2.05) is 18.3 Å². The number of nitrogens with zero attached hydrogens (tertiary/aromatic N) is 1. The molecule has 3 heteroatoms. The molecule has 2 nitrogen and oxygen atoms in total. The van der Waals surface area contributed by atoms with Crippen LogP contribution in [0.3, 0.4) is 0 Å². The fourth-order valence-electron chi connectivity index (χ4n) is 1.33. The molecule has 0 unspecified atom stereocenters. The molecule has 2 heterocycles. The molecule has 0 fully saturated rings. The smallest absolute Gasteiger partial charge is 0.0832 e. The Balaban J connectivity index is 2.18. The quantitative estimate of drug-likeness (QED) is 0.793. The lowest BCUT2D eigenvalue weighted by molar-refractivity contribution is 0.271. The van der Waals surface area contributed by atoms with Gasteiger partial charge in [-0.25, -0.2) is 0 Å². The lowest BCUT2D eigenvalue weighted by Crippen LogP contribution is -2.01. The van der Waals surface area contributed by atoms with Crippen molar-refractivity contribution in [3.8, 4) is 0 Å². The van der Waals surface area contributed by atoms with Gasteiger partial charge in [-0.3, -0.25) is 0 Å². The van der Waals surface area contributed by atoms with E-state index in [2.05, 4.69) is 21.4 Å². The summed E-state index contributed by atoms with van der Waals surface area (Å²) in [6, 6.07) is 6.00. The Bertz CT molecular complexity index is 364. The monoisotopic (exact) mass is 193 g/mol. The van der Waals surface area contributed by atoms with Gasteiger partial charge in [0.15, 0.2) is 0 Å². The van der Waals surface area contributed by atoms with Crippen LogP contribution in [0.25, 0.3) is 0 Å². The first-order valence-corrected chi connectivity index (χ1v) is 5.10. The summed E-state index contributed by atoms with van der Waals surface area (Å²) in [4.78, 5) is 0. The number of hydrogen-bond donors (Lipinski definition) is 1. The van der Waals surface area contributed by atoms with Crippen molar-refractivity contribution in [3.05, 3.63) is 46.4 Å². The summed E-state index contributed by atoms with van der Waals surface area (Å²) >= 11 is 1.70. The number of aliphatic hydroxyl groups is 1. The maximum absolute atomic E-state index is 9.02. The van der Waals surface area contributed by atoms with Crippen LogP contribution in [0.4, 0.5) is 0 Å². The van der Waals surface area contributed by atoms with Gasteiger partial charge < -0.3 is 9.67 Å². The van der Waals surface area contributed by atoms with Gasteiger partial charge in [-0.05, 0) is 34.5 Å². The number of aromatic nitrogens is 1. The van der Waals surface area contributed by atoms with Crippen LogP contribution in [-0.2, 0) is 13.2 Å². The fourth-order valence-corrected chi connectivity index (χ4v) is 1.99. The number of rotatable bonds is 3. The molecule has 68 valence electrons. The van der Waals surface area contributed by atoms with Crippen LogP contribution in [0.15, 0.2) is 35.2 Å². The molecule has 0 atom stereocenters. The third kappa shape index (κ3) is 1.82. The SMILES string of the molecule is OCc1cccn1Cc1ccsc1. The van der Waals surface area contributed by atoms with Gasteiger partial charge >= 0.3 is 0 Å². The van der Waals surface area contributed by atoms with E-state index in [-0.39, 0.29) is 6.61 Å². The molecule has 0 amide bonds. The van der Waals surface area contributed by atoms with Crippen LogP contribution in [0.2, 0.25) is 0 Å². The zero-order chi connectivity index (χ0) is 9.10. The van der Waals surface area contributed by atoms with Gasteiger partial charge in [-0.1, -0.05) is 0 Å². The Labute approximate surface area is 81.1 Å². The zero-order valence-electron chi connectivity index (χ0n) is 7.18. The van der Waals surface area contributed by atoms with Gasteiger partial charge in [0.2, 0.25) is 0 Å². The number of hydrogen-bond acceptors (Lipinski definition) is 2. The molecular formula is C10H11NOS. The molecule has 0 aliphatic rings. The second-order valence-electron chi connectivity index (χ2n) is 2.92. The van der Waals surface area contributed by atoms with Crippen molar-refractivity contribution in [1.29, 1.82) is 0 Å². The largest absolute Gasteiger partial charge is 0.390 e. The summed E-state index contributed by atoms with van der Waals surface area (Å²) in [6.07, 6.45) is 1.99. The standard InChI is InChI=1S/C10H11NOS/c12-7-10-2-1-4-11(10)6-9-3-5-13-8-9/h1-5,8,12H,6-7H2. The summed E-state index contributed by atoms with van der Waals surface area (Å²) in [7, 11) is 0. The first-order valence-electron chi connectivity index (χ1n) is 4.16. The summed E-state index contributed by atoms with van der Waals surface area (Å²) in [5, 5.41) is 13.2. The van der Waals surface area contributed by atoms with Crippen molar-refractivity contribution in [2.24, 2.45) is 0 Å². The predicted molar refractivity (Wildman–Crippen MR) is 53.8 cm³/mol. The van der Waals surface area contributed by atoms with Gasteiger partial charge in [-0.2, -0.15) is 11.3 Å². The third-order valence-corrected chi connectivity index (χ3v) is 2.75. The average Bonchev–Trinajstić information content (AvgIpc) is 2.76. The van der Waals surface area contributed by atoms with Gasteiger partial charge in [0, 0.05) is 18.4 Å². The molecule has 0 saturated heterocycles. The number of aliphatic hydroxyl groups excluding tert-OH is 1. The minimum atomic E-state index is 0.108. The van der Waals surface area contributed by atoms with Crippen molar-refractivity contribution in [2.75, 3.05) is 0 Å². The summed E-state index contributed by atoms with van der Waals surface area (Å²) < 4.78 is 2.06. The molecule has 13 heavy (non-hydrogen) atoms. The predicted octanol–water partition coefficient (Wildman–Crippen LogP) is 2.09. The Kier molecular flexibility index (Phi) is 2.47. The second kappa shape index (κ2) is 3.77. The fraction of sp³-hybridized carbons (Fsp3) is 0.200. The van der Waals surface area contributed by atoms with E-state index >= 15 is 0 Å². The van der Waals surface area contributed by atoms with Gasteiger partial charge in [0.25, 0.3) is 0 Å². The number of thiophene rings is 1. The van der Waals surface area contributed by atoms with E-state index in [0.29, 0.717) is 0 Å². The minimum Gasteiger partial charge on any atom is -0.390 e. The highest BCUT2D eigenvalue weighted by Crippen LogP contribution is 2.10. The summed E-state index contributed by atoms with van der Waals surface area (Å²) in [5.74, 6) is 0. The summed E-state index contributed by atoms with van der Waals surface area (Å²) in [6.45, 7) is 0.962.